The fourth-order valence-corrected chi connectivity index (χ4v) is 4.00. The molecule has 1 aromatic carbocycles. The Morgan fingerprint density at radius 3 is 2.35 bits per heavy atom. The van der Waals surface area contributed by atoms with Crippen LogP contribution in [0.2, 0.25) is 0 Å². The summed E-state index contributed by atoms with van der Waals surface area (Å²) in [6.07, 6.45) is 4.27. The molecule has 0 bridgehead atoms. The molecule has 2 aliphatic rings. The van der Waals surface area contributed by atoms with Gasteiger partial charge < -0.3 is 10.2 Å². The molecule has 0 aliphatic heterocycles. The highest BCUT2D eigenvalue weighted by Gasteiger charge is 2.41. The van der Waals surface area contributed by atoms with Crippen LogP contribution >= 0.6 is 0 Å². The topological polar surface area (TPSA) is 40.5 Å². The first-order valence-corrected chi connectivity index (χ1v) is 7.34. The van der Waals surface area contributed by atoms with Crippen molar-refractivity contribution in [1.82, 2.24) is 0 Å². The molecule has 3 rings (SSSR count). The molecule has 4 heteroatoms. The van der Waals surface area contributed by atoms with E-state index in [1.165, 1.54) is 12.1 Å². The van der Waals surface area contributed by atoms with Gasteiger partial charge in [0.1, 0.15) is 11.6 Å². The average molecular weight is 282 g/mol. The first-order valence-electron chi connectivity index (χ1n) is 7.34. The molecule has 2 N–H and O–H groups in total. The molecule has 0 aromatic heterocycles. The number of fused-ring (bicyclic) bond motifs is 1. The first-order chi connectivity index (χ1) is 9.43. The van der Waals surface area contributed by atoms with Crippen molar-refractivity contribution >= 4 is 0 Å². The molecule has 0 heterocycles. The van der Waals surface area contributed by atoms with Crippen molar-refractivity contribution in [3.63, 3.8) is 0 Å². The molecule has 3 unspecified atom stereocenters. The molecule has 2 aliphatic carbocycles. The molecule has 0 radical (unpaired) electrons. The minimum atomic E-state index is -1.51. The molecule has 110 valence electrons. The van der Waals surface area contributed by atoms with Gasteiger partial charge in [-0.1, -0.05) is 0 Å². The largest absolute Gasteiger partial charge is 0.366 e. The van der Waals surface area contributed by atoms with Gasteiger partial charge in [0.2, 0.25) is 0 Å². The van der Waals surface area contributed by atoms with Gasteiger partial charge in [-0.15, -0.1) is 0 Å². The van der Waals surface area contributed by atoms with E-state index in [9.17, 15) is 19.0 Å². The van der Waals surface area contributed by atoms with Gasteiger partial charge in [0.15, 0.2) is 5.79 Å². The quantitative estimate of drug-likeness (QED) is 0.776. The first kappa shape index (κ1) is 14.0. The molecule has 0 saturated heterocycles. The average Bonchev–Trinajstić information content (AvgIpc) is 2.36. The molecule has 0 spiro atoms. The van der Waals surface area contributed by atoms with Gasteiger partial charge in [0.05, 0.1) is 0 Å². The molecule has 2 saturated carbocycles. The highest BCUT2D eigenvalue weighted by molar-refractivity contribution is 5.22. The van der Waals surface area contributed by atoms with E-state index in [1.807, 2.05) is 0 Å². The third-order valence-electron chi connectivity index (χ3n) is 5.00. The predicted octanol–water partition coefficient (Wildman–Crippen LogP) is 3.33. The van der Waals surface area contributed by atoms with Gasteiger partial charge in [0, 0.05) is 18.9 Å². The standard InChI is InChI=1S/C16H20F2O2/c17-14-6-13(7-15(18)8-14)10-1-2-12-9-16(19,20)4-3-11(12)5-10/h6-8,10-12,19-20H,1-5,9H2. The van der Waals surface area contributed by atoms with E-state index < -0.39 is 17.4 Å². The summed E-state index contributed by atoms with van der Waals surface area (Å²) in [6, 6.07) is 3.76. The Hall–Kier alpha value is -1.00. The summed E-state index contributed by atoms with van der Waals surface area (Å²) in [4.78, 5) is 0. The summed E-state index contributed by atoms with van der Waals surface area (Å²) in [6.45, 7) is 0. The maximum Gasteiger partial charge on any atom is 0.162 e. The molecular weight excluding hydrogens is 262 g/mol. The summed E-state index contributed by atoms with van der Waals surface area (Å²) in [5.41, 5.74) is 0.741. The Labute approximate surface area is 117 Å². The Bertz CT molecular complexity index is 481. The van der Waals surface area contributed by atoms with E-state index in [0.29, 0.717) is 24.7 Å². The maximum absolute atomic E-state index is 13.3. The number of hydrogen-bond acceptors (Lipinski definition) is 2. The highest BCUT2D eigenvalue weighted by Crippen LogP contribution is 2.48. The molecule has 20 heavy (non-hydrogen) atoms. The number of halogens is 2. The van der Waals surface area contributed by atoms with E-state index in [4.69, 9.17) is 0 Å². The summed E-state index contributed by atoms with van der Waals surface area (Å²) < 4.78 is 26.6. The van der Waals surface area contributed by atoms with Crippen LogP contribution in [0.5, 0.6) is 0 Å². The summed E-state index contributed by atoms with van der Waals surface area (Å²) >= 11 is 0. The van der Waals surface area contributed by atoms with E-state index in [1.54, 1.807) is 0 Å². The van der Waals surface area contributed by atoms with Gasteiger partial charge in [-0.2, -0.15) is 0 Å². The van der Waals surface area contributed by atoms with Gasteiger partial charge in [0.25, 0.3) is 0 Å². The van der Waals surface area contributed by atoms with Crippen molar-refractivity contribution in [2.75, 3.05) is 0 Å². The lowest BCUT2D eigenvalue weighted by Gasteiger charge is -2.43. The normalized spacial score (nSPS) is 32.7. The van der Waals surface area contributed by atoms with E-state index in [2.05, 4.69) is 0 Å². The van der Waals surface area contributed by atoms with Crippen molar-refractivity contribution < 1.29 is 19.0 Å². The molecule has 0 amide bonds. The number of aliphatic hydroxyl groups is 2. The van der Waals surface area contributed by atoms with Crippen molar-refractivity contribution in [2.24, 2.45) is 11.8 Å². The van der Waals surface area contributed by atoms with Crippen LogP contribution in [0.15, 0.2) is 18.2 Å². The third-order valence-corrected chi connectivity index (χ3v) is 5.00. The van der Waals surface area contributed by atoms with Crippen LogP contribution < -0.4 is 0 Å². The number of benzene rings is 1. The lowest BCUT2D eigenvalue weighted by Crippen LogP contribution is -2.41. The molecule has 3 atom stereocenters. The third kappa shape index (κ3) is 2.86. The lowest BCUT2D eigenvalue weighted by molar-refractivity contribution is -0.202. The highest BCUT2D eigenvalue weighted by atomic mass is 19.1. The van der Waals surface area contributed by atoms with Crippen molar-refractivity contribution in [1.29, 1.82) is 0 Å². The predicted molar refractivity (Wildman–Crippen MR) is 70.9 cm³/mol. The van der Waals surface area contributed by atoms with Crippen LogP contribution in [0.3, 0.4) is 0 Å². The fraction of sp³-hybridized carbons (Fsp3) is 0.625. The number of rotatable bonds is 1. The minimum absolute atomic E-state index is 0.186. The Morgan fingerprint density at radius 1 is 0.950 bits per heavy atom. The second kappa shape index (κ2) is 5.08. The summed E-state index contributed by atoms with van der Waals surface area (Å²) in [5.74, 6) is -1.60. The SMILES string of the molecule is OC1(O)CCC2CC(c3cc(F)cc(F)c3)CCC2C1. The van der Waals surface area contributed by atoms with Crippen LogP contribution in [0.4, 0.5) is 8.78 Å². The van der Waals surface area contributed by atoms with Crippen molar-refractivity contribution in [2.45, 2.75) is 50.2 Å². The van der Waals surface area contributed by atoms with E-state index in [-0.39, 0.29) is 5.92 Å². The maximum atomic E-state index is 13.3. The van der Waals surface area contributed by atoms with Crippen LogP contribution in [0, 0.1) is 23.5 Å². The molecule has 1 aromatic rings. The Morgan fingerprint density at radius 2 is 1.65 bits per heavy atom. The summed E-state index contributed by atoms with van der Waals surface area (Å²) in [7, 11) is 0. The van der Waals surface area contributed by atoms with Crippen LogP contribution in [0.25, 0.3) is 0 Å². The molecular formula is C16H20F2O2. The van der Waals surface area contributed by atoms with Gasteiger partial charge in [-0.25, -0.2) is 8.78 Å². The Balaban J connectivity index is 1.73. The van der Waals surface area contributed by atoms with Crippen LogP contribution in [-0.2, 0) is 0 Å². The molecule has 2 nitrogen and oxygen atoms in total. The van der Waals surface area contributed by atoms with Gasteiger partial charge in [-0.3, -0.25) is 0 Å². The fourth-order valence-electron chi connectivity index (χ4n) is 4.00. The second-order valence-electron chi connectivity index (χ2n) is 6.46. The van der Waals surface area contributed by atoms with Crippen LogP contribution in [0.1, 0.15) is 50.0 Å². The zero-order chi connectivity index (χ0) is 14.3. The minimum Gasteiger partial charge on any atom is -0.366 e. The van der Waals surface area contributed by atoms with E-state index >= 15 is 0 Å². The number of hydrogen-bond donors (Lipinski definition) is 2. The van der Waals surface area contributed by atoms with Crippen molar-refractivity contribution in [3.8, 4) is 0 Å². The monoisotopic (exact) mass is 282 g/mol. The zero-order valence-electron chi connectivity index (χ0n) is 11.4. The Kier molecular flexibility index (Phi) is 3.55. The van der Waals surface area contributed by atoms with E-state index in [0.717, 1.165) is 37.3 Å². The lowest BCUT2D eigenvalue weighted by atomic mass is 9.65. The van der Waals surface area contributed by atoms with Crippen molar-refractivity contribution in [3.05, 3.63) is 35.4 Å². The smallest absolute Gasteiger partial charge is 0.162 e. The zero-order valence-corrected chi connectivity index (χ0v) is 11.4. The summed E-state index contributed by atoms with van der Waals surface area (Å²) in [5, 5.41) is 19.5. The molecule has 2 fully saturated rings. The van der Waals surface area contributed by atoms with Gasteiger partial charge in [-0.05, 0) is 61.1 Å². The van der Waals surface area contributed by atoms with Crippen LogP contribution in [-0.4, -0.2) is 16.0 Å². The second-order valence-corrected chi connectivity index (χ2v) is 6.46. The van der Waals surface area contributed by atoms with Gasteiger partial charge >= 0.3 is 0 Å².